The summed E-state index contributed by atoms with van der Waals surface area (Å²) in [4.78, 5) is 8.60. The second kappa shape index (κ2) is 5.27. The van der Waals surface area contributed by atoms with Crippen LogP contribution < -0.4 is 10.5 Å². The number of rotatable bonds is 3. The van der Waals surface area contributed by atoms with Crippen molar-refractivity contribution in [2.45, 2.75) is 13.0 Å². The van der Waals surface area contributed by atoms with Gasteiger partial charge in [0, 0.05) is 23.7 Å². The number of ether oxygens (including phenoxy) is 1. The monoisotopic (exact) mass is 265 g/mol. The zero-order valence-electron chi connectivity index (χ0n) is 11.2. The van der Waals surface area contributed by atoms with E-state index in [1.807, 2.05) is 49.4 Å². The second-order valence-electron chi connectivity index (χ2n) is 4.68. The normalized spacial score (nSPS) is 12.3. The summed E-state index contributed by atoms with van der Waals surface area (Å²) < 4.78 is 5.71. The van der Waals surface area contributed by atoms with Crippen LogP contribution in [0.25, 0.3) is 10.9 Å². The SMILES string of the molecule is C[C@H](N)c1ccc(Oc2cnc3ccccc3c2)nc1. The molecular formula is C16H15N3O. The Balaban J connectivity index is 1.85. The van der Waals surface area contributed by atoms with Gasteiger partial charge in [-0.2, -0.15) is 0 Å². The lowest BCUT2D eigenvalue weighted by Gasteiger charge is -2.08. The van der Waals surface area contributed by atoms with Crippen LogP contribution in [0.4, 0.5) is 0 Å². The Morgan fingerprint density at radius 2 is 1.90 bits per heavy atom. The van der Waals surface area contributed by atoms with E-state index in [2.05, 4.69) is 9.97 Å². The first-order valence-corrected chi connectivity index (χ1v) is 6.46. The van der Waals surface area contributed by atoms with Gasteiger partial charge >= 0.3 is 0 Å². The number of aromatic nitrogens is 2. The molecule has 0 amide bonds. The summed E-state index contributed by atoms with van der Waals surface area (Å²) in [6, 6.07) is 13.6. The zero-order chi connectivity index (χ0) is 13.9. The quantitative estimate of drug-likeness (QED) is 0.788. The average Bonchev–Trinajstić information content (AvgIpc) is 2.48. The largest absolute Gasteiger partial charge is 0.437 e. The topological polar surface area (TPSA) is 61.0 Å². The van der Waals surface area contributed by atoms with Gasteiger partial charge in [0.05, 0.1) is 11.7 Å². The fraction of sp³-hybridized carbons (Fsp3) is 0.125. The van der Waals surface area contributed by atoms with Gasteiger partial charge in [-0.05, 0) is 24.6 Å². The van der Waals surface area contributed by atoms with Crippen molar-refractivity contribution in [1.29, 1.82) is 0 Å². The molecule has 0 aliphatic carbocycles. The Bertz CT molecular complexity index is 723. The van der Waals surface area contributed by atoms with Gasteiger partial charge in [-0.25, -0.2) is 4.98 Å². The maximum atomic E-state index is 5.79. The maximum absolute atomic E-state index is 5.79. The number of benzene rings is 1. The van der Waals surface area contributed by atoms with Crippen LogP contribution in [0.15, 0.2) is 54.9 Å². The highest BCUT2D eigenvalue weighted by Gasteiger charge is 2.03. The molecule has 0 saturated heterocycles. The van der Waals surface area contributed by atoms with Gasteiger partial charge in [0.2, 0.25) is 5.88 Å². The van der Waals surface area contributed by atoms with E-state index in [4.69, 9.17) is 10.5 Å². The van der Waals surface area contributed by atoms with E-state index in [1.165, 1.54) is 0 Å². The van der Waals surface area contributed by atoms with E-state index >= 15 is 0 Å². The standard InChI is InChI=1S/C16H15N3O/c1-11(17)13-6-7-16(19-9-13)20-14-8-12-4-2-3-5-15(12)18-10-14/h2-11H,17H2,1H3/t11-/m0/s1. The third-order valence-corrected chi connectivity index (χ3v) is 3.07. The number of pyridine rings is 2. The van der Waals surface area contributed by atoms with E-state index in [1.54, 1.807) is 12.4 Å². The fourth-order valence-electron chi connectivity index (χ4n) is 1.95. The van der Waals surface area contributed by atoms with E-state index < -0.39 is 0 Å². The summed E-state index contributed by atoms with van der Waals surface area (Å²) in [6.45, 7) is 1.92. The first-order chi connectivity index (χ1) is 9.72. The van der Waals surface area contributed by atoms with Gasteiger partial charge in [-0.3, -0.25) is 4.98 Å². The first-order valence-electron chi connectivity index (χ1n) is 6.46. The molecule has 2 heterocycles. The summed E-state index contributed by atoms with van der Waals surface area (Å²) in [7, 11) is 0. The molecule has 0 unspecified atom stereocenters. The van der Waals surface area contributed by atoms with Gasteiger partial charge in [0.25, 0.3) is 0 Å². The highest BCUT2D eigenvalue weighted by molar-refractivity contribution is 5.79. The molecule has 4 heteroatoms. The minimum Gasteiger partial charge on any atom is -0.437 e. The molecule has 20 heavy (non-hydrogen) atoms. The van der Waals surface area contributed by atoms with Crippen molar-refractivity contribution >= 4 is 10.9 Å². The number of hydrogen-bond acceptors (Lipinski definition) is 4. The molecule has 0 bridgehead atoms. The maximum Gasteiger partial charge on any atom is 0.219 e. The molecule has 0 spiro atoms. The summed E-state index contributed by atoms with van der Waals surface area (Å²) in [5, 5.41) is 1.04. The molecule has 2 aromatic heterocycles. The van der Waals surface area contributed by atoms with Crippen molar-refractivity contribution in [2.75, 3.05) is 0 Å². The molecule has 0 radical (unpaired) electrons. The lowest BCUT2D eigenvalue weighted by Crippen LogP contribution is -2.05. The third kappa shape index (κ3) is 2.60. The molecule has 3 rings (SSSR count). The third-order valence-electron chi connectivity index (χ3n) is 3.07. The van der Waals surface area contributed by atoms with Gasteiger partial charge in [-0.15, -0.1) is 0 Å². The fourth-order valence-corrected chi connectivity index (χ4v) is 1.95. The summed E-state index contributed by atoms with van der Waals surface area (Å²) >= 11 is 0. The van der Waals surface area contributed by atoms with Crippen molar-refractivity contribution < 1.29 is 4.74 Å². The molecule has 0 fully saturated rings. The van der Waals surface area contributed by atoms with Gasteiger partial charge in [0.1, 0.15) is 5.75 Å². The molecule has 1 aromatic carbocycles. The zero-order valence-corrected chi connectivity index (χ0v) is 11.2. The molecule has 100 valence electrons. The number of fused-ring (bicyclic) bond motifs is 1. The van der Waals surface area contributed by atoms with E-state index in [-0.39, 0.29) is 6.04 Å². The van der Waals surface area contributed by atoms with Gasteiger partial charge in [0.15, 0.2) is 0 Å². The number of hydrogen-bond donors (Lipinski definition) is 1. The minimum absolute atomic E-state index is 0.0288. The van der Waals surface area contributed by atoms with Crippen LogP contribution in [0.1, 0.15) is 18.5 Å². The van der Waals surface area contributed by atoms with Crippen molar-refractivity contribution in [3.8, 4) is 11.6 Å². The number of para-hydroxylation sites is 1. The molecule has 0 aliphatic heterocycles. The summed E-state index contributed by atoms with van der Waals surface area (Å²) in [6.07, 6.45) is 3.43. The van der Waals surface area contributed by atoms with Crippen LogP contribution >= 0.6 is 0 Å². The van der Waals surface area contributed by atoms with Crippen LogP contribution in [-0.2, 0) is 0 Å². The Kier molecular flexibility index (Phi) is 3.31. The Hall–Kier alpha value is -2.46. The van der Waals surface area contributed by atoms with Crippen molar-refractivity contribution in [1.82, 2.24) is 9.97 Å². The van der Waals surface area contributed by atoms with E-state index in [0.717, 1.165) is 16.5 Å². The number of nitrogens with zero attached hydrogens (tertiary/aromatic N) is 2. The van der Waals surface area contributed by atoms with Crippen LogP contribution in [0.5, 0.6) is 11.6 Å². The van der Waals surface area contributed by atoms with Crippen molar-refractivity contribution in [2.24, 2.45) is 5.73 Å². The Labute approximate surface area is 117 Å². The molecule has 0 aliphatic rings. The predicted octanol–water partition coefficient (Wildman–Crippen LogP) is 3.44. The first kappa shape index (κ1) is 12.6. The predicted molar refractivity (Wildman–Crippen MR) is 78.7 cm³/mol. The smallest absolute Gasteiger partial charge is 0.219 e. The van der Waals surface area contributed by atoms with Gasteiger partial charge < -0.3 is 10.5 Å². The summed E-state index contributed by atoms with van der Waals surface area (Å²) in [5.74, 6) is 1.20. The Morgan fingerprint density at radius 1 is 1.05 bits per heavy atom. The van der Waals surface area contributed by atoms with Crippen molar-refractivity contribution in [3.63, 3.8) is 0 Å². The van der Waals surface area contributed by atoms with Crippen molar-refractivity contribution in [3.05, 3.63) is 60.4 Å². The van der Waals surface area contributed by atoms with Crippen LogP contribution in [-0.4, -0.2) is 9.97 Å². The average molecular weight is 265 g/mol. The van der Waals surface area contributed by atoms with Gasteiger partial charge in [-0.1, -0.05) is 24.3 Å². The van der Waals surface area contributed by atoms with E-state index in [0.29, 0.717) is 11.6 Å². The minimum atomic E-state index is -0.0288. The highest BCUT2D eigenvalue weighted by atomic mass is 16.5. The number of nitrogens with two attached hydrogens (primary N) is 1. The van der Waals surface area contributed by atoms with Crippen LogP contribution in [0, 0.1) is 0 Å². The van der Waals surface area contributed by atoms with Crippen LogP contribution in [0.2, 0.25) is 0 Å². The lowest BCUT2D eigenvalue weighted by molar-refractivity contribution is 0.461. The molecule has 2 N–H and O–H groups in total. The molecular weight excluding hydrogens is 250 g/mol. The second-order valence-corrected chi connectivity index (χ2v) is 4.68. The van der Waals surface area contributed by atoms with Crippen LogP contribution in [0.3, 0.4) is 0 Å². The van der Waals surface area contributed by atoms with E-state index in [9.17, 15) is 0 Å². The molecule has 4 nitrogen and oxygen atoms in total. The molecule has 3 aromatic rings. The highest BCUT2D eigenvalue weighted by Crippen LogP contribution is 2.23. The Morgan fingerprint density at radius 3 is 2.65 bits per heavy atom. The lowest BCUT2D eigenvalue weighted by atomic mass is 10.2. The summed E-state index contributed by atoms with van der Waals surface area (Å²) in [5.41, 5.74) is 7.71. The molecule has 1 atom stereocenters. The molecule has 0 saturated carbocycles.